The molecule has 0 fully saturated rings. The molecule has 0 heterocycles. The van der Waals surface area contributed by atoms with Gasteiger partial charge < -0.3 is 4.57 Å². The number of rotatable bonds is 6. The summed E-state index contributed by atoms with van der Waals surface area (Å²) in [5.74, 6) is -0.132. The van der Waals surface area contributed by atoms with Gasteiger partial charge in [0.2, 0.25) is 0 Å². The smallest absolute Gasteiger partial charge is 0.178 e. The fourth-order valence-electron chi connectivity index (χ4n) is 3.67. The van der Waals surface area contributed by atoms with Gasteiger partial charge in [0.1, 0.15) is 5.66 Å². The molecule has 29 heavy (non-hydrogen) atoms. The maximum Gasteiger partial charge on any atom is 0.178 e. The number of Topliss-reactive ketones (excluding diaryl/α,β-unsaturated/α-hetero) is 1. The molecule has 0 saturated carbocycles. The maximum absolute atomic E-state index is 14.9. The lowest BCUT2D eigenvalue weighted by Gasteiger charge is -2.28. The number of carbonyl (C=O) groups is 1. The van der Waals surface area contributed by atoms with Crippen LogP contribution in [0.3, 0.4) is 0 Å². The van der Waals surface area contributed by atoms with E-state index in [1.165, 1.54) is 0 Å². The molecule has 0 saturated heterocycles. The zero-order valence-electron chi connectivity index (χ0n) is 15.9. The maximum atomic E-state index is 14.9. The lowest BCUT2D eigenvalue weighted by Crippen LogP contribution is -2.26. The van der Waals surface area contributed by atoms with E-state index >= 15 is 0 Å². The number of ketones is 1. The molecule has 0 bridgehead atoms. The largest absolute Gasteiger partial charge is 0.313 e. The summed E-state index contributed by atoms with van der Waals surface area (Å²) in [6, 6.07) is 37.4. The first-order valence-corrected chi connectivity index (χ1v) is 11.3. The normalized spacial score (nSPS) is 12.3. The molecule has 0 aliphatic carbocycles. The first-order chi connectivity index (χ1) is 14.2. The zero-order valence-corrected chi connectivity index (χ0v) is 16.8. The van der Waals surface area contributed by atoms with E-state index < -0.39 is 12.8 Å². The molecule has 0 aliphatic heterocycles. The fraction of sp³-hybridized carbons (Fsp3) is 0.0385. The van der Waals surface area contributed by atoms with Crippen molar-refractivity contribution in [2.24, 2.45) is 0 Å². The monoisotopic (exact) mass is 396 g/mol. The molecule has 0 spiro atoms. The highest BCUT2D eigenvalue weighted by atomic mass is 31.2. The summed E-state index contributed by atoms with van der Waals surface area (Å²) in [4.78, 5) is 13.8. The molecule has 1 atom stereocenters. The van der Waals surface area contributed by atoms with Crippen molar-refractivity contribution < 1.29 is 9.36 Å². The molecule has 0 radical (unpaired) electrons. The molecule has 1 unspecified atom stereocenters. The Morgan fingerprint density at radius 1 is 0.552 bits per heavy atom. The summed E-state index contributed by atoms with van der Waals surface area (Å²) in [6.45, 7) is 0. The number of hydrogen-bond donors (Lipinski definition) is 0. The van der Waals surface area contributed by atoms with Crippen molar-refractivity contribution in [1.82, 2.24) is 0 Å². The average molecular weight is 396 g/mol. The molecule has 4 aromatic carbocycles. The predicted molar refractivity (Wildman–Crippen MR) is 120 cm³/mol. The summed E-state index contributed by atoms with van der Waals surface area (Å²) in [7, 11) is -3.33. The van der Waals surface area contributed by atoms with Gasteiger partial charge in [-0.05, 0) is 5.56 Å². The van der Waals surface area contributed by atoms with Crippen LogP contribution in [0.5, 0.6) is 0 Å². The fourth-order valence-corrected chi connectivity index (χ4v) is 6.86. The minimum absolute atomic E-state index is 0.132. The van der Waals surface area contributed by atoms with Crippen molar-refractivity contribution in [2.75, 3.05) is 0 Å². The third kappa shape index (κ3) is 3.72. The molecule has 0 N–H and O–H groups in total. The summed E-state index contributed by atoms with van der Waals surface area (Å²) in [5, 5.41) is 1.37. The van der Waals surface area contributed by atoms with Crippen LogP contribution in [0.2, 0.25) is 0 Å². The van der Waals surface area contributed by atoms with E-state index in [4.69, 9.17) is 0 Å². The molecule has 3 heteroatoms. The SMILES string of the molecule is O=C(c1ccccc1)C(c1ccccc1)P(=O)(c1ccccc1)c1ccccc1. The van der Waals surface area contributed by atoms with E-state index in [9.17, 15) is 9.36 Å². The van der Waals surface area contributed by atoms with Gasteiger partial charge in [-0.1, -0.05) is 121 Å². The lowest BCUT2D eigenvalue weighted by molar-refractivity contribution is 0.0986. The van der Waals surface area contributed by atoms with Crippen molar-refractivity contribution >= 4 is 23.5 Å². The molecule has 4 aromatic rings. The molecular weight excluding hydrogens is 375 g/mol. The van der Waals surface area contributed by atoms with Crippen LogP contribution in [0.25, 0.3) is 0 Å². The number of benzene rings is 4. The van der Waals surface area contributed by atoms with E-state index in [-0.39, 0.29) is 5.78 Å². The second-order valence-corrected chi connectivity index (χ2v) is 9.74. The average Bonchev–Trinajstić information content (AvgIpc) is 2.81. The van der Waals surface area contributed by atoms with Crippen molar-refractivity contribution in [1.29, 1.82) is 0 Å². The van der Waals surface area contributed by atoms with Gasteiger partial charge in [-0.15, -0.1) is 0 Å². The Hall–Kier alpha value is -3.22. The minimum atomic E-state index is -3.33. The number of hydrogen-bond acceptors (Lipinski definition) is 2. The van der Waals surface area contributed by atoms with E-state index in [0.29, 0.717) is 16.2 Å². The van der Waals surface area contributed by atoms with Crippen LogP contribution >= 0.6 is 7.14 Å². The molecule has 4 rings (SSSR count). The quantitative estimate of drug-likeness (QED) is 0.313. The van der Waals surface area contributed by atoms with Gasteiger partial charge >= 0.3 is 0 Å². The van der Waals surface area contributed by atoms with Crippen molar-refractivity contribution in [2.45, 2.75) is 5.66 Å². The Kier molecular flexibility index (Phi) is 5.55. The summed E-state index contributed by atoms with van der Waals surface area (Å²) in [6.07, 6.45) is 0. The second kappa shape index (κ2) is 8.43. The molecule has 0 aliphatic rings. The Morgan fingerprint density at radius 3 is 1.38 bits per heavy atom. The van der Waals surface area contributed by atoms with Crippen LogP contribution in [-0.4, -0.2) is 5.78 Å². The van der Waals surface area contributed by atoms with Crippen LogP contribution in [0.15, 0.2) is 121 Å². The standard InChI is InChI=1S/C26H21O2P/c27-25(21-13-5-1-6-14-21)26(22-15-7-2-8-16-22)29(28,23-17-9-3-10-18-23)24-19-11-4-12-20-24/h1-20,26H. The molecular formula is C26H21O2P. The first-order valence-electron chi connectivity index (χ1n) is 9.56. The summed E-state index contributed by atoms with van der Waals surface area (Å²) < 4.78 is 14.9. The van der Waals surface area contributed by atoms with Crippen molar-refractivity contribution in [3.8, 4) is 0 Å². The third-order valence-corrected chi connectivity index (χ3v) is 8.46. The molecule has 0 aromatic heterocycles. The van der Waals surface area contributed by atoms with Gasteiger partial charge in [0.25, 0.3) is 0 Å². The summed E-state index contributed by atoms with van der Waals surface area (Å²) in [5.41, 5.74) is 0.529. The highest BCUT2D eigenvalue weighted by Crippen LogP contribution is 2.58. The van der Waals surface area contributed by atoms with E-state index in [0.717, 1.165) is 5.56 Å². The Bertz CT molecular complexity index is 1080. The summed E-state index contributed by atoms with van der Waals surface area (Å²) >= 11 is 0. The Balaban J connectivity index is 2.00. The van der Waals surface area contributed by atoms with Gasteiger partial charge in [-0.3, -0.25) is 4.79 Å². The molecule has 2 nitrogen and oxygen atoms in total. The second-order valence-electron chi connectivity index (χ2n) is 6.87. The molecule has 142 valence electrons. The Labute approximate surface area is 171 Å². The third-order valence-electron chi connectivity index (χ3n) is 5.07. The lowest BCUT2D eigenvalue weighted by atomic mass is 10.0. The van der Waals surface area contributed by atoms with Gasteiger partial charge in [0, 0.05) is 16.2 Å². The zero-order chi connectivity index (χ0) is 20.1. The predicted octanol–water partition coefficient (Wildman–Crippen LogP) is 5.62. The van der Waals surface area contributed by atoms with Gasteiger partial charge in [-0.2, -0.15) is 0 Å². The number of carbonyl (C=O) groups excluding carboxylic acids is 1. The minimum Gasteiger partial charge on any atom is -0.313 e. The van der Waals surface area contributed by atoms with Crippen LogP contribution in [0.4, 0.5) is 0 Å². The topological polar surface area (TPSA) is 34.1 Å². The van der Waals surface area contributed by atoms with Crippen LogP contribution in [0.1, 0.15) is 21.6 Å². The van der Waals surface area contributed by atoms with Crippen molar-refractivity contribution in [3.63, 3.8) is 0 Å². The van der Waals surface area contributed by atoms with Crippen LogP contribution in [0, 0.1) is 0 Å². The van der Waals surface area contributed by atoms with Crippen LogP contribution in [-0.2, 0) is 4.57 Å². The van der Waals surface area contributed by atoms with Crippen LogP contribution < -0.4 is 10.6 Å². The Morgan fingerprint density at radius 2 is 0.931 bits per heavy atom. The van der Waals surface area contributed by atoms with Crippen molar-refractivity contribution in [3.05, 3.63) is 132 Å². The van der Waals surface area contributed by atoms with Gasteiger partial charge in [0.05, 0.1) is 0 Å². The highest BCUT2D eigenvalue weighted by Gasteiger charge is 2.42. The van der Waals surface area contributed by atoms with E-state index in [1.807, 2.05) is 109 Å². The van der Waals surface area contributed by atoms with Gasteiger partial charge in [-0.25, -0.2) is 0 Å². The molecule has 0 amide bonds. The highest BCUT2D eigenvalue weighted by molar-refractivity contribution is 7.79. The van der Waals surface area contributed by atoms with E-state index in [1.54, 1.807) is 12.1 Å². The van der Waals surface area contributed by atoms with E-state index in [2.05, 4.69) is 0 Å². The van der Waals surface area contributed by atoms with Gasteiger partial charge in [0.15, 0.2) is 12.9 Å². The first kappa shape index (κ1) is 19.1.